The molecular formula is C16H31NO3. The Balaban J connectivity index is 4.41. The van der Waals surface area contributed by atoms with Gasteiger partial charge >= 0.3 is 5.97 Å². The van der Waals surface area contributed by atoms with Crippen LogP contribution in [0.5, 0.6) is 0 Å². The van der Waals surface area contributed by atoms with E-state index >= 15 is 0 Å². The molecule has 0 spiro atoms. The zero-order chi connectivity index (χ0) is 15.7. The van der Waals surface area contributed by atoms with Crippen LogP contribution in [0.1, 0.15) is 60.3 Å². The van der Waals surface area contributed by atoms with Crippen molar-refractivity contribution >= 4 is 11.9 Å². The molecule has 0 heterocycles. The van der Waals surface area contributed by atoms with Gasteiger partial charge in [-0.25, -0.2) is 0 Å². The molecule has 0 saturated carbocycles. The lowest BCUT2D eigenvalue weighted by molar-refractivity contribution is -0.138. The zero-order valence-electron chi connectivity index (χ0n) is 13.7. The van der Waals surface area contributed by atoms with Crippen molar-refractivity contribution in [3.63, 3.8) is 0 Å². The number of rotatable bonds is 10. The standard InChI is InChI=1S/C16H31NO3/c1-12(2)6-8-17(9-7-13(3)4)15(18)10-14(5)11-16(19)20/h12-14H,6-11H2,1-5H3,(H,19,20). The van der Waals surface area contributed by atoms with Gasteiger partial charge in [-0.2, -0.15) is 0 Å². The number of carboxylic acid groups (broad SMARTS) is 1. The largest absolute Gasteiger partial charge is 0.481 e. The summed E-state index contributed by atoms with van der Waals surface area (Å²) in [6, 6.07) is 0. The maximum absolute atomic E-state index is 12.3. The first kappa shape index (κ1) is 18.9. The van der Waals surface area contributed by atoms with E-state index < -0.39 is 5.97 Å². The summed E-state index contributed by atoms with van der Waals surface area (Å²) in [7, 11) is 0. The van der Waals surface area contributed by atoms with Crippen molar-refractivity contribution in [1.29, 1.82) is 0 Å². The van der Waals surface area contributed by atoms with Crippen LogP contribution in [0.3, 0.4) is 0 Å². The molecule has 0 radical (unpaired) electrons. The molecule has 0 aromatic heterocycles. The summed E-state index contributed by atoms with van der Waals surface area (Å²) in [5.41, 5.74) is 0. The Kier molecular flexibility index (Phi) is 9.26. The van der Waals surface area contributed by atoms with Gasteiger partial charge in [0.1, 0.15) is 0 Å². The first-order valence-electron chi connectivity index (χ1n) is 7.71. The first-order valence-corrected chi connectivity index (χ1v) is 7.71. The van der Waals surface area contributed by atoms with Gasteiger partial charge in [-0.1, -0.05) is 34.6 Å². The minimum atomic E-state index is -0.832. The van der Waals surface area contributed by atoms with Gasteiger partial charge in [-0.05, 0) is 30.6 Å². The van der Waals surface area contributed by atoms with Gasteiger partial charge in [0.2, 0.25) is 5.91 Å². The summed E-state index contributed by atoms with van der Waals surface area (Å²) in [4.78, 5) is 24.9. The molecular weight excluding hydrogens is 254 g/mol. The average Bonchev–Trinajstić information content (AvgIpc) is 2.26. The number of hydrogen-bond donors (Lipinski definition) is 1. The van der Waals surface area contributed by atoms with E-state index in [2.05, 4.69) is 27.7 Å². The van der Waals surface area contributed by atoms with Gasteiger partial charge < -0.3 is 10.0 Å². The summed E-state index contributed by atoms with van der Waals surface area (Å²) >= 11 is 0. The van der Waals surface area contributed by atoms with Crippen molar-refractivity contribution in [2.75, 3.05) is 13.1 Å². The molecule has 1 atom stereocenters. The number of carbonyl (C=O) groups is 2. The molecule has 20 heavy (non-hydrogen) atoms. The quantitative estimate of drug-likeness (QED) is 0.669. The first-order chi connectivity index (χ1) is 9.22. The fourth-order valence-electron chi connectivity index (χ4n) is 1.99. The number of hydrogen-bond acceptors (Lipinski definition) is 2. The van der Waals surface area contributed by atoms with E-state index in [9.17, 15) is 9.59 Å². The lowest BCUT2D eigenvalue weighted by Gasteiger charge is -2.25. The Morgan fingerprint density at radius 2 is 1.35 bits per heavy atom. The zero-order valence-corrected chi connectivity index (χ0v) is 13.7. The fraction of sp³-hybridized carbons (Fsp3) is 0.875. The van der Waals surface area contributed by atoms with Gasteiger partial charge in [0.15, 0.2) is 0 Å². The van der Waals surface area contributed by atoms with Gasteiger partial charge in [0.25, 0.3) is 0 Å². The van der Waals surface area contributed by atoms with Crippen LogP contribution >= 0.6 is 0 Å². The molecule has 1 amide bonds. The number of nitrogens with zero attached hydrogens (tertiary/aromatic N) is 1. The number of amides is 1. The van der Waals surface area contributed by atoms with Crippen LogP contribution in [0.2, 0.25) is 0 Å². The van der Waals surface area contributed by atoms with E-state index in [1.807, 2.05) is 11.8 Å². The molecule has 0 bridgehead atoms. The maximum atomic E-state index is 12.3. The van der Waals surface area contributed by atoms with Gasteiger partial charge in [0.05, 0.1) is 0 Å². The molecule has 118 valence electrons. The molecule has 0 rings (SSSR count). The van der Waals surface area contributed by atoms with Crippen LogP contribution in [-0.4, -0.2) is 35.0 Å². The van der Waals surface area contributed by atoms with Gasteiger partial charge in [0, 0.05) is 25.9 Å². The normalized spacial score (nSPS) is 12.8. The SMILES string of the molecule is CC(C)CCN(CCC(C)C)C(=O)CC(C)CC(=O)O. The minimum Gasteiger partial charge on any atom is -0.481 e. The predicted molar refractivity (Wildman–Crippen MR) is 81.5 cm³/mol. The highest BCUT2D eigenvalue weighted by Crippen LogP contribution is 2.13. The Hall–Kier alpha value is -1.06. The van der Waals surface area contributed by atoms with E-state index in [1.165, 1.54) is 0 Å². The molecule has 0 aromatic rings. The van der Waals surface area contributed by atoms with Gasteiger partial charge in [-0.3, -0.25) is 9.59 Å². The summed E-state index contributed by atoms with van der Waals surface area (Å²) < 4.78 is 0. The van der Waals surface area contributed by atoms with Crippen molar-refractivity contribution in [2.45, 2.75) is 60.3 Å². The molecule has 0 fully saturated rings. The lowest BCUT2D eigenvalue weighted by Crippen LogP contribution is -2.35. The van der Waals surface area contributed by atoms with Crippen molar-refractivity contribution in [3.05, 3.63) is 0 Å². The Morgan fingerprint density at radius 3 is 1.70 bits per heavy atom. The van der Waals surface area contributed by atoms with Crippen molar-refractivity contribution in [3.8, 4) is 0 Å². The third kappa shape index (κ3) is 9.82. The topological polar surface area (TPSA) is 57.6 Å². The molecule has 4 heteroatoms. The maximum Gasteiger partial charge on any atom is 0.303 e. The molecule has 0 aliphatic rings. The second-order valence-corrected chi connectivity index (χ2v) is 6.65. The minimum absolute atomic E-state index is 0.0634. The fourth-order valence-corrected chi connectivity index (χ4v) is 1.99. The van der Waals surface area contributed by atoms with E-state index in [1.54, 1.807) is 0 Å². The second kappa shape index (κ2) is 9.78. The Bertz CT molecular complexity index is 288. The Morgan fingerprint density at radius 1 is 0.900 bits per heavy atom. The summed E-state index contributed by atoms with van der Waals surface area (Å²) in [6.45, 7) is 12.0. The molecule has 1 unspecified atom stereocenters. The number of carboxylic acids is 1. The monoisotopic (exact) mass is 285 g/mol. The Labute approximate surface area is 123 Å². The average molecular weight is 285 g/mol. The molecule has 0 saturated heterocycles. The van der Waals surface area contributed by atoms with Crippen molar-refractivity contribution < 1.29 is 14.7 Å². The van der Waals surface area contributed by atoms with E-state index in [-0.39, 0.29) is 18.2 Å². The summed E-state index contributed by atoms with van der Waals surface area (Å²) in [6.07, 6.45) is 2.39. The predicted octanol–water partition coefficient (Wildman–Crippen LogP) is 3.41. The molecule has 0 aliphatic carbocycles. The van der Waals surface area contributed by atoms with E-state index in [0.29, 0.717) is 18.3 Å². The van der Waals surface area contributed by atoms with E-state index in [4.69, 9.17) is 5.11 Å². The highest BCUT2D eigenvalue weighted by molar-refractivity contribution is 5.77. The van der Waals surface area contributed by atoms with Crippen LogP contribution in [0, 0.1) is 17.8 Å². The van der Waals surface area contributed by atoms with E-state index in [0.717, 1.165) is 25.9 Å². The summed E-state index contributed by atoms with van der Waals surface area (Å²) in [5, 5.41) is 8.76. The number of aliphatic carboxylic acids is 1. The van der Waals surface area contributed by atoms with Crippen molar-refractivity contribution in [1.82, 2.24) is 4.90 Å². The van der Waals surface area contributed by atoms with Crippen molar-refractivity contribution in [2.24, 2.45) is 17.8 Å². The highest BCUT2D eigenvalue weighted by Gasteiger charge is 2.18. The van der Waals surface area contributed by atoms with Crippen LogP contribution in [0.15, 0.2) is 0 Å². The number of carbonyl (C=O) groups excluding carboxylic acids is 1. The smallest absolute Gasteiger partial charge is 0.303 e. The molecule has 0 aromatic carbocycles. The van der Waals surface area contributed by atoms with Crippen LogP contribution < -0.4 is 0 Å². The second-order valence-electron chi connectivity index (χ2n) is 6.65. The highest BCUT2D eigenvalue weighted by atomic mass is 16.4. The van der Waals surface area contributed by atoms with Gasteiger partial charge in [-0.15, -0.1) is 0 Å². The molecule has 4 nitrogen and oxygen atoms in total. The lowest BCUT2D eigenvalue weighted by atomic mass is 10.0. The third-order valence-electron chi connectivity index (χ3n) is 3.35. The van der Waals surface area contributed by atoms with Crippen LogP contribution in [0.25, 0.3) is 0 Å². The molecule has 0 aliphatic heterocycles. The van der Waals surface area contributed by atoms with Crippen LogP contribution in [-0.2, 0) is 9.59 Å². The third-order valence-corrected chi connectivity index (χ3v) is 3.35. The molecule has 1 N–H and O–H groups in total. The van der Waals surface area contributed by atoms with Crippen LogP contribution in [0.4, 0.5) is 0 Å². The summed E-state index contributed by atoms with van der Waals surface area (Å²) in [5.74, 6) is 0.309.